The van der Waals surface area contributed by atoms with Gasteiger partial charge < -0.3 is 25.2 Å². The highest BCUT2D eigenvalue weighted by Crippen LogP contribution is 2.13. The van der Waals surface area contributed by atoms with Gasteiger partial charge in [0, 0.05) is 38.9 Å². The van der Waals surface area contributed by atoms with Gasteiger partial charge in [0.15, 0.2) is 0 Å². The molecule has 7 nitrogen and oxygen atoms in total. The van der Waals surface area contributed by atoms with Crippen LogP contribution >= 0.6 is 0 Å². The van der Waals surface area contributed by atoms with E-state index in [1.165, 1.54) is 5.56 Å². The molecule has 0 aliphatic carbocycles. The van der Waals surface area contributed by atoms with Gasteiger partial charge in [0.1, 0.15) is 18.2 Å². The third-order valence-corrected chi connectivity index (χ3v) is 4.77. The van der Waals surface area contributed by atoms with Gasteiger partial charge in [0.05, 0.1) is 6.54 Å². The Kier molecular flexibility index (Phi) is 7.08. The number of ether oxygens (including phenoxy) is 1. The number of hydrogen-bond acceptors (Lipinski definition) is 5. The maximum atomic E-state index is 11.9. The van der Waals surface area contributed by atoms with Crippen LogP contribution in [0.25, 0.3) is 0 Å². The van der Waals surface area contributed by atoms with Crippen molar-refractivity contribution >= 4 is 11.8 Å². The number of carbonyl (C=O) groups is 1. The Morgan fingerprint density at radius 2 is 1.82 bits per heavy atom. The number of nitrogens with one attached hydrogen (secondary N) is 2. The number of carbonyl (C=O) groups excluding carboxylic acids is 1. The molecule has 0 saturated carbocycles. The minimum absolute atomic E-state index is 0.212. The first-order valence-corrected chi connectivity index (χ1v) is 9.70. The normalized spacial score (nSPS) is 14.6. The second kappa shape index (κ2) is 9.94. The molecule has 0 bridgehead atoms. The number of urea groups is 1. The monoisotopic (exact) mass is 383 g/mol. The van der Waals surface area contributed by atoms with Gasteiger partial charge in [0.25, 0.3) is 0 Å². The van der Waals surface area contributed by atoms with Crippen LogP contribution < -0.4 is 20.3 Å². The second-order valence-electron chi connectivity index (χ2n) is 7.09. The van der Waals surface area contributed by atoms with Crippen LogP contribution in [-0.2, 0) is 6.54 Å². The molecular formula is C21H29N5O2. The van der Waals surface area contributed by atoms with E-state index in [9.17, 15) is 4.79 Å². The minimum Gasteiger partial charge on any atom is -0.492 e. The first-order chi connectivity index (χ1) is 13.6. The van der Waals surface area contributed by atoms with E-state index < -0.39 is 0 Å². The number of amides is 2. The van der Waals surface area contributed by atoms with Gasteiger partial charge in [-0.1, -0.05) is 23.8 Å². The number of likely N-dealkylation sites (N-methyl/N-ethyl adjacent to an activating group) is 1. The van der Waals surface area contributed by atoms with Gasteiger partial charge in [-0.2, -0.15) is 0 Å². The Bertz CT molecular complexity index is 740. The largest absolute Gasteiger partial charge is 0.492 e. The first kappa shape index (κ1) is 19.9. The molecule has 2 amide bonds. The number of anilines is 1. The number of aromatic nitrogens is 1. The smallest absolute Gasteiger partial charge is 0.315 e. The Morgan fingerprint density at radius 3 is 2.50 bits per heavy atom. The molecule has 0 spiro atoms. The molecule has 0 unspecified atom stereocenters. The topological polar surface area (TPSA) is 69.7 Å². The summed E-state index contributed by atoms with van der Waals surface area (Å²) in [6.07, 6.45) is 1.83. The summed E-state index contributed by atoms with van der Waals surface area (Å²) in [7, 11) is 2.14. The number of rotatable bonds is 7. The minimum atomic E-state index is -0.212. The summed E-state index contributed by atoms with van der Waals surface area (Å²) in [5.41, 5.74) is 2.17. The highest BCUT2D eigenvalue weighted by atomic mass is 16.5. The van der Waals surface area contributed by atoms with Gasteiger partial charge in [-0.3, -0.25) is 0 Å². The molecule has 0 atom stereocenters. The van der Waals surface area contributed by atoms with E-state index in [1.807, 2.05) is 49.5 Å². The van der Waals surface area contributed by atoms with E-state index in [0.717, 1.165) is 43.3 Å². The molecular weight excluding hydrogens is 354 g/mol. The van der Waals surface area contributed by atoms with Crippen molar-refractivity contribution in [1.82, 2.24) is 20.5 Å². The maximum absolute atomic E-state index is 11.9. The fraction of sp³-hybridized carbons (Fsp3) is 0.429. The zero-order valence-electron chi connectivity index (χ0n) is 16.6. The van der Waals surface area contributed by atoms with Gasteiger partial charge in [-0.15, -0.1) is 0 Å². The molecule has 7 heteroatoms. The molecule has 1 aliphatic heterocycles. The van der Waals surface area contributed by atoms with Gasteiger partial charge in [-0.25, -0.2) is 9.78 Å². The number of benzene rings is 1. The highest BCUT2D eigenvalue weighted by molar-refractivity contribution is 5.73. The van der Waals surface area contributed by atoms with Crippen LogP contribution in [0.4, 0.5) is 10.6 Å². The fourth-order valence-electron chi connectivity index (χ4n) is 2.96. The van der Waals surface area contributed by atoms with Crippen LogP contribution in [0.2, 0.25) is 0 Å². The average molecular weight is 383 g/mol. The van der Waals surface area contributed by atoms with Crippen LogP contribution in [0.5, 0.6) is 5.75 Å². The third kappa shape index (κ3) is 6.13. The molecule has 1 aromatic carbocycles. The number of pyridine rings is 1. The molecule has 1 saturated heterocycles. The van der Waals surface area contributed by atoms with Crippen molar-refractivity contribution in [2.24, 2.45) is 0 Å². The zero-order chi connectivity index (χ0) is 19.8. The van der Waals surface area contributed by atoms with E-state index in [-0.39, 0.29) is 6.03 Å². The number of nitrogens with zero attached hydrogens (tertiary/aromatic N) is 3. The lowest BCUT2D eigenvalue weighted by molar-refractivity contribution is 0.236. The van der Waals surface area contributed by atoms with Crippen molar-refractivity contribution in [2.45, 2.75) is 13.5 Å². The molecule has 2 N–H and O–H groups in total. The SMILES string of the molecule is Cc1ccc(OCCNC(=O)NCc2ccc(N3CCN(C)CC3)nc2)cc1. The molecule has 2 heterocycles. The van der Waals surface area contributed by atoms with Gasteiger partial charge in [-0.05, 0) is 37.7 Å². The molecule has 2 aromatic rings. The van der Waals surface area contributed by atoms with E-state index in [4.69, 9.17) is 4.74 Å². The van der Waals surface area contributed by atoms with Crippen molar-refractivity contribution in [1.29, 1.82) is 0 Å². The molecule has 0 radical (unpaired) electrons. The van der Waals surface area contributed by atoms with Crippen molar-refractivity contribution in [3.05, 3.63) is 53.7 Å². The third-order valence-electron chi connectivity index (χ3n) is 4.77. The summed E-state index contributed by atoms with van der Waals surface area (Å²) in [4.78, 5) is 21.1. The lowest BCUT2D eigenvalue weighted by atomic mass is 10.2. The molecule has 1 fully saturated rings. The van der Waals surface area contributed by atoms with Crippen molar-refractivity contribution in [3.63, 3.8) is 0 Å². The van der Waals surface area contributed by atoms with Crippen molar-refractivity contribution < 1.29 is 9.53 Å². The van der Waals surface area contributed by atoms with Crippen LogP contribution in [0, 0.1) is 6.92 Å². The quantitative estimate of drug-likeness (QED) is 0.716. The summed E-state index contributed by atoms with van der Waals surface area (Å²) in [6, 6.07) is 11.7. The Labute approximate surface area is 166 Å². The number of hydrogen-bond donors (Lipinski definition) is 2. The predicted molar refractivity (Wildman–Crippen MR) is 111 cm³/mol. The number of aryl methyl sites for hydroxylation is 1. The summed E-state index contributed by atoms with van der Waals surface area (Å²) < 4.78 is 5.59. The molecule has 3 rings (SSSR count). The highest BCUT2D eigenvalue weighted by Gasteiger charge is 2.14. The van der Waals surface area contributed by atoms with E-state index in [0.29, 0.717) is 19.7 Å². The van der Waals surface area contributed by atoms with E-state index >= 15 is 0 Å². The fourth-order valence-corrected chi connectivity index (χ4v) is 2.96. The molecule has 28 heavy (non-hydrogen) atoms. The van der Waals surface area contributed by atoms with Crippen LogP contribution in [0.3, 0.4) is 0 Å². The summed E-state index contributed by atoms with van der Waals surface area (Å²) in [5.74, 6) is 1.80. The first-order valence-electron chi connectivity index (χ1n) is 9.70. The van der Waals surface area contributed by atoms with E-state index in [1.54, 1.807) is 0 Å². The Morgan fingerprint density at radius 1 is 1.07 bits per heavy atom. The zero-order valence-corrected chi connectivity index (χ0v) is 16.6. The molecule has 1 aromatic heterocycles. The lowest BCUT2D eigenvalue weighted by Crippen LogP contribution is -2.44. The lowest BCUT2D eigenvalue weighted by Gasteiger charge is -2.33. The van der Waals surface area contributed by atoms with Crippen LogP contribution in [-0.4, -0.2) is 62.3 Å². The molecule has 1 aliphatic rings. The second-order valence-corrected chi connectivity index (χ2v) is 7.09. The Hall–Kier alpha value is -2.80. The van der Waals surface area contributed by atoms with Gasteiger partial charge >= 0.3 is 6.03 Å². The van der Waals surface area contributed by atoms with Crippen LogP contribution in [0.15, 0.2) is 42.6 Å². The Balaban J connectivity index is 1.33. The average Bonchev–Trinajstić information content (AvgIpc) is 2.72. The summed E-state index contributed by atoms with van der Waals surface area (Å²) >= 11 is 0. The predicted octanol–water partition coefficient (Wildman–Crippen LogP) is 2.02. The van der Waals surface area contributed by atoms with E-state index in [2.05, 4.69) is 32.5 Å². The maximum Gasteiger partial charge on any atom is 0.315 e. The van der Waals surface area contributed by atoms with Crippen molar-refractivity contribution in [2.75, 3.05) is 51.3 Å². The van der Waals surface area contributed by atoms with Crippen molar-refractivity contribution in [3.8, 4) is 5.75 Å². The summed E-state index contributed by atoms with van der Waals surface area (Å²) in [6.45, 7) is 7.45. The standard InChI is InChI=1S/C21H29N5O2/c1-17-3-6-19(7-4-17)28-14-9-22-21(27)24-16-18-5-8-20(23-15-18)26-12-10-25(2)11-13-26/h3-8,15H,9-14,16H2,1-2H3,(H2,22,24,27). The summed E-state index contributed by atoms with van der Waals surface area (Å²) in [5, 5.41) is 5.64. The molecule has 150 valence electrons. The number of piperazine rings is 1. The van der Waals surface area contributed by atoms with Gasteiger partial charge in [0.2, 0.25) is 0 Å². The van der Waals surface area contributed by atoms with Crippen LogP contribution in [0.1, 0.15) is 11.1 Å².